The minimum absolute atomic E-state index is 0.0871. The van der Waals surface area contributed by atoms with Crippen LogP contribution in [0.25, 0.3) is 0 Å². The first-order valence-corrected chi connectivity index (χ1v) is 10.7. The molecule has 0 spiro atoms. The van der Waals surface area contributed by atoms with Crippen LogP contribution in [0.15, 0.2) is 48.7 Å². The Labute approximate surface area is 182 Å². The van der Waals surface area contributed by atoms with E-state index in [9.17, 15) is 4.39 Å². The number of nitrogens with one attached hydrogen (secondary N) is 1. The largest absolute Gasteiger partial charge is 0.351 e. The van der Waals surface area contributed by atoms with Crippen molar-refractivity contribution in [2.24, 2.45) is 0 Å². The van der Waals surface area contributed by atoms with E-state index in [0.717, 1.165) is 11.4 Å². The molecule has 1 fully saturated rings. The second-order valence-electron chi connectivity index (χ2n) is 8.22. The number of aromatic nitrogens is 2. The smallest absolute Gasteiger partial charge is 0.174 e. The number of anilines is 1. The fourth-order valence-corrected chi connectivity index (χ4v) is 4.97. The van der Waals surface area contributed by atoms with Crippen molar-refractivity contribution in [2.45, 2.75) is 52.7 Å². The second-order valence-corrected chi connectivity index (χ2v) is 8.61. The third kappa shape index (κ3) is 3.39. The molecular formula is C24H27FN4S. The average Bonchev–Trinajstić information content (AvgIpc) is 3.20. The third-order valence-electron chi connectivity index (χ3n) is 5.88. The summed E-state index contributed by atoms with van der Waals surface area (Å²) in [7, 11) is 0. The summed E-state index contributed by atoms with van der Waals surface area (Å²) in [6.07, 6.45) is 1.80. The first kappa shape index (κ1) is 20.5. The van der Waals surface area contributed by atoms with E-state index in [1.54, 1.807) is 19.2 Å². The molecule has 4 rings (SSSR count). The molecule has 3 aromatic rings. The van der Waals surface area contributed by atoms with Gasteiger partial charge in [0.25, 0.3) is 0 Å². The number of hydrogen-bond donors (Lipinski definition) is 1. The van der Waals surface area contributed by atoms with Crippen LogP contribution in [-0.2, 0) is 0 Å². The predicted octanol–water partition coefficient (Wildman–Crippen LogP) is 5.71. The molecule has 156 valence electrons. The maximum Gasteiger partial charge on any atom is 0.174 e. The monoisotopic (exact) mass is 422 g/mol. The van der Waals surface area contributed by atoms with Crippen LogP contribution in [0.2, 0.25) is 0 Å². The van der Waals surface area contributed by atoms with E-state index in [2.05, 4.69) is 53.5 Å². The minimum Gasteiger partial charge on any atom is -0.351 e. The van der Waals surface area contributed by atoms with Crippen molar-refractivity contribution in [3.8, 4) is 0 Å². The average molecular weight is 423 g/mol. The lowest BCUT2D eigenvalue weighted by Gasteiger charge is -2.28. The summed E-state index contributed by atoms with van der Waals surface area (Å²) in [5.74, 6) is -0.215. The van der Waals surface area contributed by atoms with Gasteiger partial charge in [0.1, 0.15) is 5.82 Å². The number of rotatable bonds is 4. The summed E-state index contributed by atoms with van der Waals surface area (Å²) in [5.41, 5.74) is 6.04. The summed E-state index contributed by atoms with van der Waals surface area (Å²) in [6, 6.07) is 13.5. The van der Waals surface area contributed by atoms with Crippen molar-refractivity contribution in [1.82, 2.24) is 14.9 Å². The van der Waals surface area contributed by atoms with Crippen LogP contribution in [0, 0.1) is 26.6 Å². The van der Waals surface area contributed by atoms with E-state index in [1.807, 2.05) is 24.3 Å². The van der Waals surface area contributed by atoms with Gasteiger partial charge in [0.2, 0.25) is 0 Å². The molecule has 0 aliphatic carbocycles. The standard InChI is InChI=1S/C24H27FN4S/c1-14(2)28-16(4)13-19(17(28)5)23-22(21-8-6-7-11-26-21)27-24(30)29(23)18-9-10-20(25)15(3)12-18/h6-14,22-23H,1-5H3,(H,27,30)/t22-,23+/m1/s1. The van der Waals surface area contributed by atoms with Crippen molar-refractivity contribution < 1.29 is 4.39 Å². The van der Waals surface area contributed by atoms with Gasteiger partial charge in [-0.15, -0.1) is 0 Å². The zero-order valence-corrected chi connectivity index (χ0v) is 18.8. The molecule has 2 aromatic heterocycles. The number of nitrogens with zero attached hydrogens (tertiary/aromatic N) is 3. The van der Waals surface area contributed by atoms with E-state index in [1.165, 1.54) is 23.0 Å². The third-order valence-corrected chi connectivity index (χ3v) is 6.19. The van der Waals surface area contributed by atoms with Gasteiger partial charge in [-0.1, -0.05) is 6.07 Å². The van der Waals surface area contributed by atoms with Gasteiger partial charge in [0.15, 0.2) is 5.11 Å². The Morgan fingerprint density at radius 1 is 1.10 bits per heavy atom. The predicted molar refractivity (Wildman–Crippen MR) is 123 cm³/mol. The highest BCUT2D eigenvalue weighted by molar-refractivity contribution is 7.80. The number of thiocarbonyl (C=S) groups is 1. The highest BCUT2D eigenvalue weighted by Crippen LogP contribution is 2.43. The number of pyridine rings is 1. The van der Waals surface area contributed by atoms with Crippen LogP contribution < -0.4 is 10.2 Å². The van der Waals surface area contributed by atoms with E-state index < -0.39 is 0 Å². The van der Waals surface area contributed by atoms with Crippen molar-refractivity contribution in [3.05, 3.63) is 82.7 Å². The first-order chi connectivity index (χ1) is 14.3. The SMILES string of the molecule is Cc1cc(N2C(=S)N[C@H](c3ccccn3)[C@@H]2c2cc(C)n(C(C)C)c2C)ccc1F. The van der Waals surface area contributed by atoms with Crippen molar-refractivity contribution in [3.63, 3.8) is 0 Å². The van der Waals surface area contributed by atoms with Gasteiger partial charge in [0.05, 0.1) is 17.8 Å². The maximum absolute atomic E-state index is 14.0. The van der Waals surface area contributed by atoms with Gasteiger partial charge >= 0.3 is 0 Å². The lowest BCUT2D eigenvalue weighted by atomic mass is 9.96. The zero-order valence-electron chi connectivity index (χ0n) is 18.0. The van der Waals surface area contributed by atoms with Crippen LogP contribution >= 0.6 is 12.2 Å². The second kappa shape index (κ2) is 7.84. The van der Waals surface area contributed by atoms with Gasteiger partial charge in [-0.2, -0.15) is 0 Å². The Morgan fingerprint density at radius 3 is 2.47 bits per heavy atom. The van der Waals surface area contributed by atoms with Crippen molar-refractivity contribution >= 4 is 23.0 Å². The molecule has 0 saturated carbocycles. The summed E-state index contributed by atoms with van der Waals surface area (Å²) < 4.78 is 16.3. The van der Waals surface area contributed by atoms with Crippen LogP contribution in [-0.4, -0.2) is 14.7 Å². The number of hydrogen-bond acceptors (Lipinski definition) is 2. The topological polar surface area (TPSA) is 33.1 Å². The van der Waals surface area contributed by atoms with Crippen LogP contribution in [0.5, 0.6) is 0 Å². The minimum atomic E-state index is -0.215. The van der Waals surface area contributed by atoms with Gasteiger partial charge < -0.3 is 14.8 Å². The molecule has 0 bridgehead atoms. The first-order valence-electron chi connectivity index (χ1n) is 10.2. The highest BCUT2D eigenvalue weighted by Gasteiger charge is 2.42. The Balaban J connectivity index is 1.90. The van der Waals surface area contributed by atoms with Crippen molar-refractivity contribution in [1.29, 1.82) is 0 Å². The maximum atomic E-state index is 14.0. The molecule has 2 atom stereocenters. The number of aryl methyl sites for hydroxylation is 2. The lowest BCUT2D eigenvalue weighted by Crippen LogP contribution is -2.29. The quantitative estimate of drug-likeness (QED) is 0.546. The molecule has 4 nitrogen and oxygen atoms in total. The molecule has 1 aromatic carbocycles. The van der Waals surface area contributed by atoms with E-state index in [-0.39, 0.29) is 17.9 Å². The van der Waals surface area contributed by atoms with Gasteiger partial charge in [-0.05, 0) is 94.4 Å². The molecule has 6 heteroatoms. The van der Waals surface area contributed by atoms with Crippen LogP contribution in [0.1, 0.15) is 60.2 Å². The molecule has 1 N–H and O–H groups in total. The molecule has 3 heterocycles. The summed E-state index contributed by atoms with van der Waals surface area (Å²) in [5, 5.41) is 4.10. The Hall–Kier alpha value is -2.73. The van der Waals surface area contributed by atoms with Crippen LogP contribution in [0.4, 0.5) is 10.1 Å². The molecule has 0 amide bonds. The molecule has 1 aliphatic heterocycles. The zero-order chi connectivity index (χ0) is 21.6. The van der Waals surface area contributed by atoms with Crippen LogP contribution in [0.3, 0.4) is 0 Å². The Morgan fingerprint density at radius 2 is 1.87 bits per heavy atom. The molecule has 0 unspecified atom stereocenters. The molecule has 30 heavy (non-hydrogen) atoms. The van der Waals surface area contributed by atoms with Gasteiger partial charge in [0, 0.05) is 29.3 Å². The summed E-state index contributed by atoms with van der Waals surface area (Å²) in [6.45, 7) is 10.5. The molecule has 1 aliphatic rings. The molecule has 1 saturated heterocycles. The van der Waals surface area contributed by atoms with E-state index in [0.29, 0.717) is 16.7 Å². The van der Waals surface area contributed by atoms with Gasteiger partial charge in [-0.3, -0.25) is 4.98 Å². The highest BCUT2D eigenvalue weighted by atomic mass is 32.1. The Kier molecular flexibility index (Phi) is 5.36. The molecular weight excluding hydrogens is 395 g/mol. The van der Waals surface area contributed by atoms with E-state index in [4.69, 9.17) is 12.2 Å². The Bertz CT molecular complexity index is 1090. The van der Waals surface area contributed by atoms with Crippen molar-refractivity contribution in [2.75, 3.05) is 4.90 Å². The fourth-order valence-electron chi connectivity index (χ4n) is 4.62. The van der Waals surface area contributed by atoms with Gasteiger partial charge in [-0.25, -0.2) is 4.39 Å². The lowest BCUT2D eigenvalue weighted by molar-refractivity contribution is 0.547. The molecule has 0 radical (unpaired) electrons. The normalized spacial score (nSPS) is 18.9. The fraction of sp³-hybridized carbons (Fsp3) is 0.333. The number of halogens is 1. The summed E-state index contributed by atoms with van der Waals surface area (Å²) >= 11 is 5.77. The van der Waals surface area contributed by atoms with E-state index >= 15 is 0 Å². The summed E-state index contributed by atoms with van der Waals surface area (Å²) in [4.78, 5) is 6.71. The number of benzene rings is 1.